The van der Waals surface area contributed by atoms with Gasteiger partial charge in [-0.2, -0.15) is 5.10 Å². The maximum Gasteiger partial charge on any atom is 0.147 e. The van der Waals surface area contributed by atoms with Crippen LogP contribution in [0.1, 0.15) is 22.4 Å². The number of hydrazone groups is 1. The molecule has 0 amide bonds. The van der Waals surface area contributed by atoms with Crippen LogP contribution in [0, 0.1) is 20.8 Å². The van der Waals surface area contributed by atoms with E-state index in [1.165, 1.54) is 21.9 Å². The molecular weight excluding hydrogens is 308 g/mol. The summed E-state index contributed by atoms with van der Waals surface area (Å²) in [6.45, 7) is 6.25. The van der Waals surface area contributed by atoms with Gasteiger partial charge in [0.25, 0.3) is 0 Å². The van der Waals surface area contributed by atoms with Crippen LogP contribution in [-0.4, -0.2) is 16.2 Å². The zero-order chi connectivity index (χ0) is 17.4. The highest BCUT2D eigenvalue weighted by molar-refractivity contribution is 6.00. The molecule has 2 heterocycles. The van der Waals surface area contributed by atoms with Crippen LogP contribution in [0.15, 0.2) is 53.6 Å². The van der Waals surface area contributed by atoms with Crippen molar-refractivity contribution < 1.29 is 0 Å². The Hall–Kier alpha value is -3.14. The molecule has 2 aromatic carbocycles. The van der Waals surface area contributed by atoms with Crippen LogP contribution in [0.3, 0.4) is 0 Å². The van der Waals surface area contributed by atoms with Crippen molar-refractivity contribution in [2.75, 3.05) is 5.43 Å². The highest BCUT2D eigenvalue weighted by Crippen LogP contribution is 2.22. The van der Waals surface area contributed by atoms with Gasteiger partial charge in [-0.15, -0.1) is 0 Å². The summed E-state index contributed by atoms with van der Waals surface area (Å²) in [6.07, 6.45) is 1.85. The highest BCUT2D eigenvalue weighted by Gasteiger charge is 2.06. The molecular formula is C21H20N4. The number of rotatable bonds is 3. The number of nitrogens with zero attached hydrogens (tertiary/aromatic N) is 2. The molecule has 0 aliphatic rings. The van der Waals surface area contributed by atoms with Gasteiger partial charge in [0.05, 0.1) is 11.7 Å². The molecule has 25 heavy (non-hydrogen) atoms. The zero-order valence-electron chi connectivity index (χ0n) is 14.6. The number of aromatic nitrogens is 2. The van der Waals surface area contributed by atoms with Crippen LogP contribution in [0.4, 0.5) is 5.82 Å². The Kier molecular flexibility index (Phi) is 3.73. The van der Waals surface area contributed by atoms with Crippen molar-refractivity contribution in [1.82, 2.24) is 9.97 Å². The van der Waals surface area contributed by atoms with Gasteiger partial charge in [-0.3, -0.25) is 5.43 Å². The molecule has 0 spiro atoms. The first-order chi connectivity index (χ1) is 12.1. The van der Waals surface area contributed by atoms with Gasteiger partial charge in [-0.25, -0.2) is 4.98 Å². The number of H-pyrrole nitrogens is 1. The van der Waals surface area contributed by atoms with Gasteiger partial charge in [0.1, 0.15) is 5.82 Å². The molecule has 0 atom stereocenters. The van der Waals surface area contributed by atoms with Crippen LogP contribution >= 0.6 is 0 Å². The average molecular weight is 328 g/mol. The summed E-state index contributed by atoms with van der Waals surface area (Å²) in [4.78, 5) is 8.03. The molecule has 4 nitrogen and oxygen atoms in total. The maximum absolute atomic E-state index is 4.65. The second-order valence-electron chi connectivity index (χ2n) is 6.42. The molecule has 2 N–H and O–H groups in total. The Morgan fingerprint density at radius 3 is 2.72 bits per heavy atom. The quantitative estimate of drug-likeness (QED) is 0.407. The summed E-state index contributed by atoms with van der Waals surface area (Å²) in [5.74, 6) is 0.752. The molecule has 0 bridgehead atoms. The Bertz CT molecular complexity index is 1110. The van der Waals surface area contributed by atoms with Crippen molar-refractivity contribution in [2.45, 2.75) is 20.8 Å². The largest absolute Gasteiger partial charge is 0.358 e. The van der Waals surface area contributed by atoms with Gasteiger partial charge in [-0.05, 0) is 50.6 Å². The van der Waals surface area contributed by atoms with Gasteiger partial charge in [-0.1, -0.05) is 29.8 Å². The van der Waals surface area contributed by atoms with E-state index in [-0.39, 0.29) is 0 Å². The smallest absolute Gasteiger partial charge is 0.147 e. The lowest BCUT2D eigenvalue weighted by Crippen LogP contribution is -1.96. The fraction of sp³-hybridized carbons (Fsp3) is 0.143. The molecule has 0 unspecified atom stereocenters. The van der Waals surface area contributed by atoms with Crippen molar-refractivity contribution >= 4 is 33.8 Å². The third-order valence-electron chi connectivity index (χ3n) is 4.49. The predicted octanol–water partition coefficient (Wildman–Crippen LogP) is 5.09. The van der Waals surface area contributed by atoms with E-state index in [1.807, 2.05) is 24.4 Å². The van der Waals surface area contributed by atoms with Crippen LogP contribution in [0.5, 0.6) is 0 Å². The summed E-state index contributed by atoms with van der Waals surface area (Å²) in [5, 5.41) is 6.76. The minimum Gasteiger partial charge on any atom is -0.358 e. The van der Waals surface area contributed by atoms with Gasteiger partial charge in [0.2, 0.25) is 0 Å². The van der Waals surface area contributed by atoms with E-state index >= 15 is 0 Å². The zero-order valence-corrected chi connectivity index (χ0v) is 14.6. The summed E-state index contributed by atoms with van der Waals surface area (Å²) < 4.78 is 0. The topological polar surface area (TPSA) is 53.1 Å². The average Bonchev–Trinajstić information content (AvgIpc) is 2.91. The summed E-state index contributed by atoms with van der Waals surface area (Å²) in [7, 11) is 0. The summed E-state index contributed by atoms with van der Waals surface area (Å²) in [5.41, 5.74) is 9.79. The molecule has 0 aliphatic heterocycles. The Morgan fingerprint density at radius 2 is 1.84 bits per heavy atom. The number of hydrogen-bond donors (Lipinski definition) is 2. The number of pyridine rings is 1. The molecule has 0 saturated carbocycles. The van der Waals surface area contributed by atoms with Crippen molar-refractivity contribution in [3.63, 3.8) is 0 Å². The molecule has 0 aliphatic carbocycles. The first-order valence-corrected chi connectivity index (χ1v) is 8.36. The molecule has 0 saturated heterocycles. The van der Waals surface area contributed by atoms with E-state index < -0.39 is 0 Å². The fourth-order valence-electron chi connectivity index (χ4n) is 3.19. The van der Waals surface area contributed by atoms with E-state index in [0.29, 0.717) is 0 Å². The minimum atomic E-state index is 0.752. The normalized spacial score (nSPS) is 11.6. The van der Waals surface area contributed by atoms with Crippen LogP contribution < -0.4 is 5.43 Å². The maximum atomic E-state index is 4.65. The van der Waals surface area contributed by atoms with Crippen LogP contribution in [0.25, 0.3) is 21.8 Å². The number of aromatic amines is 1. The fourth-order valence-corrected chi connectivity index (χ4v) is 3.19. The standard InChI is InChI=1S/C21H20N4/c1-13-8-9-20-17(10-13)14(2)11-21(24-20)25-22-12-18-15(3)23-19-7-5-4-6-16(18)19/h4-12,23H,1-3H3,(H,24,25)/b22-12+. The van der Waals surface area contributed by atoms with Gasteiger partial charge < -0.3 is 4.98 Å². The van der Waals surface area contributed by atoms with E-state index in [0.717, 1.165) is 28.1 Å². The first-order valence-electron chi connectivity index (χ1n) is 8.36. The minimum absolute atomic E-state index is 0.752. The number of benzene rings is 2. The molecule has 4 aromatic rings. The number of para-hydroxylation sites is 1. The van der Waals surface area contributed by atoms with E-state index in [1.54, 1.807) is 0 Å². The van der Waals surface area contributed by atoms with E-state index in [9.17, 15) is 0 Å². The lowest BCUT2D eigenvalue weighted by atomic mass is 10.1. The van der Waals surface area contributed by atoms with Crippen molar-refractivity contribution in [1.29, 1.82) is 0 Å². The van der Waals surface area contributed by atoms with Crippen molar-refractivity contribution in [3.05, 3.63) is 70.9 Å². The number of nitrogens with one attached hydrogen (secondary N) is 2. The number of anilines is 1. The Balaban J connectivity index is 1.64. The van der Waals surface area contributed by atoms with Crippen LogP contribution in [0.2, 0.25) is 0 Å². The lowest BCUT2D eigenvalue weighted by molar-refractivity contribution is 1.24. The van der Waals surface area contributed by atoms with Gasteiger partial charge in [0, 0.05) is 27.5 Å². The number of fused-ring (bicyclic) bond motifs is 2. The van der Waals surface area contributed by atoms with Crippen molar-refractivity contribution in [2.24, 2.45) is 5.10 Å². The van der Waals surface area contributed by atoms with E-state index in [4.69, 9.17) is 0 Å². The lowest BCUT2D eigenvalue weighted by Gasteiger charge is -2.06. The predicted molar refractivity (Wildman–Crippen MR) is 105 cm³/mol. The molecule has 2 aromatic heterocycles. The Morgan fingerprint density at radius 1 is 1.00 bits per heavy atom. The molecule has 0 radical (unpaired) electrons. The summed E-state index contributed by atoms with van der Waals surface area (Å²) in [6, 6.07) is 16.6. The third-order valence-corrected chi connectivity index (χ3v) is 4.49. The van der Waals surface area contributed by atoms with Crippen molar-refractivity contribution in [3.8, 4) is 0 Å². The summed E-state index contributed by atoms with van der Waals surface area (Å²) >= 11 is 0. The molecule has 0 fully saturated rings. The Labute approximate surface area is 146 Å². The van der Waals surface area contributed by atoms with E-state index in [2.05, 4.69) is 71.6 Å². The monoisotopic (exact) mass is 328 g/mol. The highest BCUT2D eigenvalue weighted by atomic mass is 15.3. The second-order valence-corrected chi connectivity index (χ2v) is 6.42. The molecule has 4 heteroatoms. The molecule has 124 valence electrons. The molecule has 4 rings (SSSR count). The van der Waals surface area contributed by atoms with Crippen LogP contribution in [-0.2, 0) is 0 Å². The number of hydrogen-bond acceptors (Lipinski definition) is 3. The first kappa shape index (κ1) is 15.4. The second kappa shape index (κ2) is 6.06. The number of aryl methyl sites for hydroxylation is 3. The van der Waals surface area contributed by atoms with Gasteiger partial charge >= 0.3 is 0 Å². The SMILES string of the molecule is Cc1ccc2nc(N/N=C/c3c(C)[nH]c4ccccc34)cc(C)c2c1. The third kappa shape index (κ3) is 2.87. The van der Waals surface area contributed by atoms with Gasteiger partial charge in [0.15, 0.2) is 0 Å².